The minimum absolute atomic E-state index is 0.413. The molecule has 0 radical (unpaired) electrons. The Morgan fingerprint density at radius 1 is 1.38 bits per heavy atom. The molecule has 3 heteroatoms. The normalized spacial score (nSPS) is 17.1. The Hall–Kier alpha value is -0.800. The van der Waals surface area contributed by atoms with E-state index in [0.717, 1.165) is 12.2 Å². The van der Waals surface area contributed by atoms with Crippen molar-refractivity contribution in [3.63, 3.8) is 0 Å². The minimum Gasteiger partial charge on any atom is -0.464 e. The molecule has 0 aliphatic rings. The van der Waals surface area contributed by atoms with Gasteiger partial charge in [-0.05, 0) is 31.9 Å². The zero-order valence-electron chi connectivity index (χ0n) is 10.7. The van der Waals surface area contributed by atoms with Crippen molar-refractivity contribution >= 4 is 0 Å². The molecule has 0 aliphatic carbocycles. The van der Waals surface area contributed by atoms with Gasteiger partial charge in [0.25, 0.3) is 0 Å². The van der Waals surface area contributed by atoms with Gasteiger partial charge in [0, 0.05) is 12.6 Å². The summed E-state index contributed by atoms with van der Waals surface area (Å²) in [6, 6.07) is 4.11. The summed E-state index contributed by atoms with van der Waals surface area (Å²) >= 11 is 0. The number of hydrogen-bond donors (Lipinski definition) is 2. The van der Waals surface area contributed by atoms with Gasteiger partial charge in [-0.3, -0.25) is 0 Å². The Kier molecular flexibility index (Phi) is 5.03. The number of aliphatic hydroxyl groups excluding tert-OH is 1. The quantitative estimate of drug-likeness (QED) is 0.782. The average Bonchev–Trinajstić information content (AvgIpc) is 2.71. The van der Waals surface area contributed by atoms with Gasteiger partial charge in [-0.25, -0.2) is 0 Å². The van der Waals surface area contributed by atoms with Crippen molar-refractivity contribution < 1.29 is 9.52 Å². The fraction of sp³-hybridized carbons (Fsp3) is 0.692. The number of rotatable bonds is 6. The maximum Gasteiger partial charge on any atom is 0.133 e. The molecule has 0 saturated heterocycles. The van der Waals surface area contributed by atoms with Crippen LogP contribution in [0.5, 0.6) is 0 Å². The predicted molar refractivity (Wildman–Crippen MR) is 65.3 cm³/mol. The third-order valence-corrected chi connectivity index (χ3v) is 3.22. The molecule has 1 aromatic rings. The topological polar surface area (TPSA) is 45.4 Å². The SMILES string of the molecule is CCC(C)C(C)NCC(O)c1ccc(C)o1. The Morgan fingerprint density at radius 2 is 2.06 bits per heavy atom. The Bertz CT molecular complexity index is 309. The van der Waals surface area contributed by atoms with Crippen LogP contribution in [-0.2, 0) is 0 Å². The number of hydrogen-bond acceptors (Lipinski definition) is 3. The van der Waals surface area contributed by atoms with Gasteiger partial charge < -0.3 is 14.8 Å². The summed E-state index contributed by atoms with van der Waals surface area (Å²) in [7, 11) is 0. The van der Waals surface area contributed by atoms with Crippen LogP contribution in [0.3, 0.4) is 0 Å². The number of aliphatic hydroxyl groups is 1. The molecule has 1 heterocycles. The van der Waals surface area contributed by atoms with Crippen LogP contribution in [-0.4, -0.2) is 17.7 Å². The van der Waals surface area contributed by atoms with E-state index in [-0.39, 0.29) is 0 Å². The molecular formula is C13H23NO2. The lowest BCUT2D eigenvalue weighted by molar-refractivity contribution is 0.139. The molecule has 0 amide bonds. The van der Waals surface area contributed by atoms with Crippen LogP contribution in [0.15, 0.2) is 16.5 Å². The summed E-state index contributed by atoms with van der Waals surface area (Å²) < 4.78 is 5.37. The molecule has 3 unspecified atom stereocenters. The summed E-state index contributed by atoms with van der Waals surface area (Å²) in [4.78, 5) is 0. The molecule has 2 N–H and O–H groups in total. The van der Waals surface area contributed by atoms with Gasteiger partial charge in [-0.1, -0.05) is 20.3 Å². The molecule has 0 aliphatic heterocycles. The second-order valence-electron chi connectivity index (χ2n) is 4.55. The highest BCUT2D eigenvalue weighted by Crippen LogP contribution is 2.16. The van der Waals surface area contributed by atoms with Crippen molar-refractivity contribution in [3.8, 4) is 0 Å². The van der Waals surface area contributed by atoms with E-state index < -0.39 is 6.10 Å². The van der Waals surface area contributed by atoms with E-state index >= 15 is 0 Å². The van der Waals surface area contributed by atoms with Gasteiger partial charge >= 0.3 is 0 Å². The number of furan rings is 1. The maximum atomic E-state index is 9.88. The van der Waals surface area contributed by atoms with Crippen LogP contribution in [0.1, 0.15) is 44.8 Å². The van der Waals surface area contributed by atoms with E-state index in [9.17, 15) is 5.11 Å². The first kappa shape index (κ1) is 13.3. The lowest BCUT2D eigenvalue weighted by atomic mass is 10.0. The molecule has 92 valence electrons. The highest BCUT2D eigenvalue weighted by Gasteiger charge is 2.15. The monoisotopic (exact) mass is 225 g/mol. The van der Waals surface area contributed by atoms with Crippen LogP contribution in [0.25, 0.3) is 0 Å². The van der Waals surface area contributed by atoms with Gasteiger partial charge in [-0.15, -0.1) is 0 Å². The van der Waals surface area contributed by atoms with Crippen molar-refractivity contribution in [2.75, 3.05) is 6.54 Å². The van der Waals surface area contributed by atoms with Gasteiger partial charge in [0.15, 0.2) is 0 Å². The highest BCUT2D eigenvalue weighted by atomic mass is 16.4. The van der Waals surface area contributed by atoms with Crippen molar-refractivity contribution in [1.82, 2.24) is 5.32 Å². The van der Waals surface area contributed by atoms with E-state index in [1.165, 1.54) is 0 Å². The number of nitrogens with one attached hydrogen (secondary N) is 1. The average molecular weight is 225 g/mol. The van der Waals surface area contributed by atoms with Gasteiger partial charge in [-0.2, -0.15) is 0 Å². The zero-order valence-corrected chi connectivity index (χ0v) is 10.7. The first-order chi connectivity index (χ1) is 7.54. The standard InChI is InChI=1S/C13H23NO2/c1-5-9(2)11(4)14-8-12(15)13-7-6-10(3)16-13/h6-7,9,11-12,14-15H,5,8H2,1-4H3. The summed E-state index contributed by atoms with van der Waals surface area (Å²) in [6.07, 6.45) is 0.588. The molecule has 16 heavy (non-hydrogen) atoms. The largest absolute Gasteiger partial charge is 0.464 e. The second kappa shape index (κ2) is 6.06. The summed E-state index contributed by atoms with van der Waals surface area (Å²) in [5.74, 6) is 2.09. The van der Waals surface area contributed by atoms with E-state index in [1.807, 2.05) is 19.1 Å². The van der Waals surface area contributed by atoms with E-state index in [2.05, 4.69) is 26.1 Å². The van der Waals surface area contributed by atoms with Crippen molar-refractivity contribution in [2.24, 2.45) is 5.92 Å². The molecule has 0 bridgehead atoms. The van der Waals surface area contributed by atoms with Crippen molar-refractivity contribution in [3.05, 3.63) is 23.7 Å². The molecule has 0 fully saturated rings. The first-order valence-electron chi connectivity index (χ1n) is 6.02. The third kappa shape index (κ3) is 3.65. The Balaban J connectivity index is 2.38. The summed E-state index contributed by atoms with van der Waals surface area (Å²) in [5, 5.41) is 13.2. The Morgan fingerprint density at radius 3 is 2.56 bits per heavy atom. The van der Waals surface area contributed by atoms with Crippen LogP contribution < -0.4 is 5.32 Å². The fourth-order valence-corrected chi connectivity index (χ4v) is 1.59. The van der Waals surface area contributed by atoms with Gasteiger partial charge in [0.1, 0.15) is 17.6 Å². The third-order valence-electron chi connectivity index (χ3n) is 3.22. The lowest BCUT2D eigenvalue weighted by Gasteiger charge is -2.21. The van der Waals surface area contributed by atoms with Crippen LogP contribution in [0.2, 0.25) is 0 Å². The van der Waals surface area contributed by atoms with Crippen molar-refractivity contribution in [1.29, 1.82) is 0 Å². The molecule has 3 atom stereocenters. The smallest absolute Gasteiger partial charge is 0.133 e. The van der Waals surface area contributed by atoms with E-state index in [0.29, 0.717) is 24.3 Å². The zero-order chi connectivity index (χ0) is 12.1. The predicted octanol–water partition coefficient (Wildman–Crippen LogP) is 2.65. The molecule has 0 spiro atoms. The summed E-state index contributed by atoms with van der Waals surface area (Å²) in [6.45, 7) is 8.95. The van der Waals surface area contributed by atoms with Crippen LogP contribution in [0, 0.1) is 12.8 Å². The van der Waals surface area contributed by atoms with Gasteiger partial charge in [0.05, 0.1) is 0 Å². The minimum atomic E-state index is -0.555. The molecule has 0 aromatic carbocycles. The molecule has 3 nitrogen and oxygen atoms in total. The lowest BCUT2D eigenvalue weighted by Crippen LogP contribution is -2.34. The Labute approximate surface area is 97.9 Å². The second-order valence-corrected chi connectivity index (χ2v) is 4.55. The summed E-state index contributed by atoms with van der Waals surface area (Å²) in [5.41, 5.74) is 0. The molecule has 1 aromatic heterocycles. The van der Waals surface area contributed by atoms with Crippen LogP contribution in [0.4, 0.5) is 0 Å². The van der Waals surface area contributed by atoms with Crippen molar-refractivity contribution in [2.45, 2.75) is 46.3 Å². The highest BCUT2D eigenvalue weighted by molar-refractivity contribution is 5.08. The fourth-order valence-electron chi connectivity index (χ4n) is 1.59. The van der Waals surface area contributed by atoms with E-state index in [1.54, 1.807) is 0 Å². The molecule has 1 rings (SSSR count). The molecule has 0 saturated carbocycles. The van der Waals surface area contributed by atoms with Gasteiger partial charge in [0.2, 0.25) is 0 Å². The van der Waals surface area contributed by atoms with E-state index in [4.69, 9.17) is 4.42 Å². The number of aryl methyl sites for hydroxylation is 1. The molecular weight excluding hydrogens is 202 g/mol. The van der Waals surface area contributed by atoms with Crippen LogP contribution >= 0.6 is 0 Å². The first-order valence-corrected chi connectivity index (χ1v) is 6.02. The maximum absolute atomic E-state index is 9.88.